The topological polar surface area (TPSA) is 292 Å². The highest BCUT2D eigenvalue weighted by Crippen LogP contribution is 2.76. The van der Waals surface area contributed by atoms with Gasteiger partial charge in [0.15, 0.2) is 25.0 Å². The van der Waals surface area contributed by atoms with Gasteiger partial charge in [0.1, 0.15) is 61.2 Å². The van der Waals surface area contributed by atoms with Gasteiger partial charge < -0.3 is 84.3 Å². The SMILES string of the molecule is C[C@H]1O[C@H](O[C@@H]2[C@@H](O[C@@H]3[C@@H](O[C@@H]4CC[C@]5(C=O)C(CC[C@@]6(C)C5CC[C@H]5C7=CC(C)(CO)C[C@H](O)[C@@]7(C)CC[C@@]56C)C4(C)C)O[C@@H](C(=O)O)[C@H](O)[C@H]3O)OC[C@H](O)[C@H]2O)[C@@H](O)[C@@H](O)[C@@H]1O. The van der Waals surface area contributed by atoms with E-state index >= 15 is 0 Å². The lowest BCUT2D eigenvalue weighted by Crippen LogP contribution is -2.68. The maximum absolute atomic E-state index is 14.0. The Hall–Kier alpha value is -1.72. The minimum atomic E-state index is -2.02. The lowest BCUT2D eigenvalue weighted by Gasteiger charge is -2.72. The highest BCUT2D eigenvalue weighted by molar-refractivity contribution is 5.73. The highest BCUT2D eigenvalue weighted by Gasteiger charge is 2.71. The van der Waals surface area contributed by atoms with Gasteiger partial charge in [0, 0.05) is 16.2 Å². The minimum absolute atomic E-state index is 0.0204. The molecule has 8 aliphatic rings. The summed E-state index contributed by atoms with van der Waals surface area (Å²) < 4.78 is 36.0. The molecule has 4 saturated carbocycles. The number of aldehydes is 1. The van der Waals surface area contributed by atoms with Crippen molar-refractivity contribution in [1.82, 2.24) is 0 Å². The smallest absolute Gasteiger partial charge is 0.335 e. The first-order valence-electron chi connectivity index (χ1n) is 23.7. The van der Waals surface area contributed by atoms with E-state index in [2.05, 4.69) is 26.8 Å². The lowest BCUT2D eigenvalue weighted by atomic mass is 9.32. The molecule has 3 saturated heterocycles. The molecule has 24 atom stereocenters. The second-order valence-electron chi connectivity index (χ2n) is 22.8. The van der Waals surface area contributed by atoms with Gasteiger partial charge in [0.25, 0.3) is 0 Å². The van der Waals surface area contributed by atoms with Gasteiger partial charge >= 0.3 is 5.97 Å². The van der Waals surface area contributed by atoms with Crippen molar-refractivity contribution in [2.24, 2.45) is 50.2 Å². The standard InChI is InChI=1S/C47H74O18/c1-21-29(52)31(54)34(57)39(61-21)64-36-30(53)24(50)18-60-40(36)65-37-33(56)32(55)35(38(58)59)63-41(37)62-28-11-13-47(20-49)25(42(28,2)3)10-12-46(7)26(47)9-8-22-23-16-43(4,19-48)17-27(51)44(23,5)14-15-45(22,46)6/h16,20-22,24-37,39-41,48,50-57H,8-15,17-19H2,1-7H3,(H,58,59)/t21-,22+,24+,25?,26?,27+,28-,29-,30-,31+,32-,33-,34+,35-,36+,37+,39-,40-,41+,43?,44+,45+,46+,47+/m1/s1. The Balaban J connectivity index is 1.05. The monoisotopic (exact) mass is 926 g/mol. The van der Waals surface area contributed by atoms with E-state index in [0.29, 0.717) is 25.7 Å². The molecule has 3 unspecified atom stereocenters. The summed E-state index contributed by atoms with van der Waals surface area (Å²) in [6.45, 7) is 13.9. The van der Waals surface area contributed by atoms with E-state index in [-0.39, 0.29) is 40.6 Å². The molecular weight excluding hydrogens is 852 g/mol. The van der Waals surface area contributed by atoms with Gasteiger partial charge in [0.2, 0.25) is 0 Å². The fourth-order valence-electron chi connectivity index (χ4n) is 14.7. The molecule has 7 fully saturated rings. The van der Waals surface area contributed by atoms with E-state index < -0.39 is 127 Å². The number of hydrogen-bond donors (Lipinski definition) is 10. The van der Waals surface area contributed by atoms with Gasteiger partial charge in [-0.3, -0.25) is 0 Å². The number of carboxylic acid groups (broad SMARTS) is 1. The van der Waals surface area contributed by atoms with Crippen LogP contribution in [0.4, 0.5) is 0 Å². The Morgan fingerprint density at radius 1 is 0.723 bits per heavy atom. The maximum Gasteiger partial charge on any atom is 0.335 e. The molecule has 65 heavy (non-hydrogen) atoms. The fraction of sp³-hybridized carbons (Fsp3) is 0.915. The van der Waals surface area contributed by atoms with Crippen molar-refractivity contribution in [2.45, 2.75) is 204 Å². The van der Waals surface area contributed by atoms with Gasteiger partial charge in [-0.25, -0.2) is 4.79 Å². The molecule has 3 heterocycles. The first-order valence-corrected chi connectivity index (χ1v) is 23.7. The van der Waals surface area contributed by atoms with E-state index in [9.17, 15) is 60.7 Å². The summed E-state index contributed by atoms with van der Waals surface area (Å²) in [6.07, 6.45) is -15.2. The molecule has 10 N–H and O–H groups in total. The average Bonchev–Trinajstić information content (AvgIpc) is 3.25. The Kier molecular flexibility index (Phi) is 13.2. The summed E-state index contributed by atoms with van der Waals surface area (Å²) in [5.74, 6) is -1.57. The molecule has 0 spiro atoms. The van der Waals surface area contributed by atoms with E-state index in [1.807, 2.05) is 20.8 Å². The number of carboxylic acids is 1. The van der Waals surface area contributed by atoms with Gasteiger partial charge in [-0.05, 0) is 98.7 Å². The largest absolute Gasteiger partial charge is 0.479 e. The van der Waals surface area contributed by atoms with Crippen molar-refractivity contribution in [2.75, 3.05) is 13.2 Å². The minimum Gasteiger partial charge on any atom is -0.479 e. The van der Waals surface area contributed by atoms with E-state index in [1.54, 1.807) is 0 Å². The summed E-state index contributed by atoms with van der Waals surface area (Å²) in [7, 11) is 0. The predicted molar refractivity (Wildman–Crippen MR) is 225 cm³/mol. The van der Waals surface area contributed by atoms with Gasteiger partial charge in [-0.15, -0.1) is 0 Å². The zero-order chi connectivity index (χ0) is 47.6. The number of aliphatic hydroxyl groups is 9. The first kappa shape index (κ1) is 49.7. The third-order valence-corrected chi connectivity index (χ3v) is 19.0. The Morgan fingerprint density at radius 2 is 1.40 bits per heavy atom. The summed E-state index contributed by atoms with van der Waals surface area (Å²) in [6, 6.07) is 0. The van der Waals surface area contributed by atoms with Crippen LogP contribution in [0, 0.1) is 50.2 Å². The van der Waals surface area contributed by atoms with Crippen LogP contribution in [0.5, 0.6) is 0 Å². The van der Waals surface area contributed by atoms with Crippen molar-refractivity contribution in [3.63, 3.8) is 0 Å². The van der Waals surface area contributed by atoms with Crippen LogP contribution in [0.2, 0.25) is 0 Å². The van der Waals surface area contributed by atoms with Crippen LogP contribution < -0.4 is 0 Å². The maximum atomic E-state index is 14.0. The summed E-state index contributed by atoms with van der Waals surface area (Å²) in [5.41, 5.74) is -1.58. The van der Waals surface area contributed by atoms with Gasteiger partial charge in [-0.1, -0.05) is 53.2 Å². The van der Waals surface area contributed by atoms with Crippen molar-refractivity contribution < 1.29 is 89.1 Å². The fourth-order valence-corrected chi connectivity index (χ4v) is 14.7. The number of carbonyl (C=O) groups excluding carboxylic acids is 1. The zero-order valence-electron chi connectivity index (χ0n) is 38.6. The molecule has 18 nitrogen and oxygen atoms in total. The van der Waals surface area contributed by atoms with Gasteiger partial charge in [0.05, 0.1) is 31.5 Å². The number of aliphatic hydroxyl groups excluding tert-OH is 9. The first-order chi connectivity index (χ1) is 30.3. The molecule has 8 rings (SSSR count). The molecule has 370 valence electrons. The molecule has 0 aromatic heterocycles. The van der Waals surface area contributed by atoms with Crippen LogP contribution in [0.15, 0.2) is 11.6 Å². The number of fused-ring (bicyclic) bond motifs is 7. The van der Waals surface area contributed by atoms with Crippen molar-refractivity contribution in [1.29, 1.82) is 0 Å². The second kappa shape index (κ2) is 17.3. The van der Waals surface area contributed by atoms with Crippen LogP contribution in [-0.4, -0.2) is 175 Å². The number of aliphatic carboxylic acids is 1. The van der Waals surface area contributed by atoms with Crippen molar-refractivity contribution in [3.05, 3.63) is 11.6 Å². The highest BCUT2D eigenvalue weighted by atomic mass is 16.8. The third-order valence-electron chi connectivity index (χ3n) is 19.0. The summed E-state index contributed by atoms with van der Waals surface area (Å²) >= 11 is 0. The molecule has 0 amide bonds. The lowest BCUT2D eigenvalue weighted by molar-refractivity contribution is -0.386. The van der Waals surface area contributed by atoms with E-state index in [1.165, 1.54) is 18.8 Å². The second-order valence-corrected chi connectivity index (χ2v) is 22.8. The molecule has 0 bridgehead atoms. The number of hydrogen-bond acceptors (Lipinski definition) is 17. The summed E-state index contributed by atoms with van der Waals surface area (Å²) in [5, 5.41) is 108. The van der Waals surface area contributed by atoms with E-state index in [0.717, 1.165) is 32.1 Å². The van der Waals surface area contributed by atoms with Crippen LogP contribution in [0.3, 0.4) is 0 Å². The molecule has 18 heteroatoms. The predicted octanol–water partition coefficient (Wildman–Crippen LogP) is 0.523. The molecule has 3 aliphatic heterocycles. The number of carbonyl (C=O) groups is 2. The molecule has 0 radical (unpaired) electrons. The van der Waals surface area contributed by atoms with Crippen LogP contribution in [0.1, 0.15) is 106 Å². The Bertz CT molecular complexity index is 1810. The van der Waals surface area contributed by atoms with E-state index in [4.69, 9.17) is 28.4 Å². The van der Waals surface area contributed by atoms with Crippen molar-refractivity contribution in [3.8, 4) is 0 Å². The summed E-state index contributed by atoms with van der Waals surface area (Å²) in [4.78, 5) is 26.4. The molecule has 0 aromatic rings. The number of rotatable bonds is 9. The van der Waals surface area contributed by atoms with Gasteiger partial charge in [-0.2, -0.15) is 0 Å². The van der Waals surface area contributed by atoms with Crippen LogP contribution in [0.25, 0.3) is 0 Å². The zero-order valence-corrected chi connectivity index (χ0v) is 38.6. The van der Waals surface area contributed by atoms with Crippen LogP contribution in [-0.2, 0) is 38.0 Å². The third kappa shape index (κ3) is 7.62. The van der Waals surface area contributed by atoms with Crippen LogP contribution >= 0.6 is 0 Å². The number of ether oxygens (including phenoxy) is 6. The Labute approximate surface area is 380 Å². The van der Waals surface area contributed by atoms with Crippen molar-refractivity contribution >= 4 is 12.3 Å². The molecule has 5 aliphatic carbocycles. The Morgan fingerprint density at radius 3 is 2.06 bits per heavy atom. The average molecular weight is 927 g/mol. The normalized spacial score (nSPS) is 55.4. The molecule has 0 aromatic carbocycles. The quantitative estimate of drug-likeness (QED) is 0.0857. The molecular formula is C47H74O18.